The van der Waals surface area contributed by atoms with Gasteiger partial charge in [0.05, 0.1) is 11.3 Å². The van der Waals surface area contributed by atoms with E-state index in [1.165, 1.54) is 22.7 Å². The average Bonchev–Trinajstić information content (AvgIpc) is 3.19. The highest BCUT2D eigenvalue weighted by Gasteiger charge is 2.17. The van der Waals surface area contributed by atoms with E-state index in [2.05, 4.69) is 15.0 Å². The monoisotopic (exact) mass is 405 g/mol. The van der Waals surface area contributed by atoms with Crippen molar-refractivity contribution >= 4 is 61.0 Å². The van der Waals surface area contributed by atoms with E-state index in [1.807, 2.05) is 35.6 Å². The maximum Gasteiger partial charge on any atom is 0.413 e. The highest BCUT2D eigenvalue weighted by Crippen LogP contribution is 2.34. The number of aromatic nitrogens is 1. The Bertz CT molecular complexity index is 936. The summed E-state index contributed by atoms with van der Waals surface area (Å²) in [6, 6.07) is 11.3. The number of carbonyl (C=O) groups excluding carboxylic acids is 3. The van der Waals surface area contributed by atoms with Crippen molar-refractivity contribution in [3.05, 3.63) is 41.3 Å². The number of hydrogen-bond acceptors (Lipinski definition) is 9. The Morgan fingerprint density at radius 3 is 2.59 bits per heavy atom. The van der Waals surface area contributed by atoms with Gasteiger partial charge in [0.2, 0.25) is 0 Å². The smallest absolute Gasteiger partial charge is 0.413 e. The molecule has 0 saturated carbocycles. The summed E-state index contributed by atoms with van der Waals surface area (Å²) in [4.78, 5) is 40.1. The van der Waals surface area contributed by atoms with Gasteiger partial charge in [-0.3, -0.25) is 10.1 Å². The number of rotatable bonds is 6. The number of anilines is 2. The molecule has 0 aliphatic rings. The lowest BCUT2D eigenvalue weighted by Crippen LogP contribution is -2.34. The highest BCUT2D eigenvalue weighted by atomic mass is 32.1. The topological polar surface area (TPSA) is 107 Å². The quantitative estimate of drug-likeness (QED) is 0.604. The number of hydrogen-bond donors (Lipinski definition) is 2. The Balaban J connectivity index is 1.57. The molecule has 140 valence electrons. The van der Waals surface area contributed by atoms with Gasteiger partial charge in [0, 0.05) is 5.69 Å². The summed E-state index contributed by atoms with van der Waals surface area (Å²) in [6.45, 7) is 1.18. The standard InChI is InChI=1S/C17H15N3O5S2/c1-2-24-17(23)19-13(21)9-25-15(22)12-8-11-14(26-12)20-16(27-11)18-10-6-4-3-5-7-10/h3-8H,2,9H2,1H3,(H,18,20)(H,19,21,23). The lowest BCUT2D eigenvalue weighted by atomic mass is 10.3. The van der Waals surface area contributed by atoms with Gasteiger partial charge >= 0.3 is 12.1 Å². The van der Waals surface area contributed by atoms with E-state index in [-0.39, 0.29) is 6.61 Å². The van der Waals surface area contributed by atoms with Gasteiger partial charge < -0.3 is 14.8 Å². The van der Waals surface area contributed by atoms with Crippen molar-refractivity contribution in [2.24, 2.45) is 0 Å². The van der Waals surface area contributed by atoms with E-state index < -0.39 is 24.6 Å². The Morgan fingerprint density at radius 1 is 1.11 bits per heavy atom. The van der Waals surface area contributed by atoms with Crippen LogP contribution < -0.4 is 10.6 Å². The van der Waals surface area contributed by atoms with Gasteiger partial charge in [0.1, 0.15) is 9.71 Å². The molecule has 0 aliphatic carbocycles. The minimum atomic E-state index is -0.877. The Kier molecular flexibility index (Phi) is 5.99. The zero-order valence-electron chi connectivity index (χ0n) is 14.2. The lowest BCUT2D eigenvalue weighted by molar-refractivity contribution is -0.123. The van der Waals surface area contributed by atoms with Crippen molar-refractivity contribution in [3.63, 3.8) is 0 Å². The fourth-order valence-electron chi connectivity index (χ4n) is 2.05. The Hall–Kier alpha value is -2.98. The van der Waals surface area contributed by atoms with Crippen molar-refractivity contribution in [3.8, 4) is 0 Å². The number of benzene rings is 1. The summed E-state index contributed by atoms with van der Waals surface area (Å²) in [6.07, 6.45) is -0.877. The molecule has 0 fully saturated rings. The number of alkyl carbamates (subject to hydrolysis) is 1. The zero-order chi connectivity index (χ0) is 19.2. The summed E-state index contributed by atoms with van der Waals surface area (Å²) < 4.78 is 10.3. The van der Waals surface area contributed by atoms with Crippen LogP contribution in [-0.2, 0) is 14.3 Å². The number of para-hydroxylation sites is 1. The predicted molar refractivity (Wildman–Crippen MR) is 103 cm³/mol. The summed E-state index contributed by atoms with van der Waals surface area (Å²) in [7, 11) is 0. The van der Waals surface area contributed by atoms with Crippen LogP contribution in [0.1, 0.15) is 16.6 Å². The van der Waals surface area contributed by atoms with Gasteiger partial charge in [-0.2, -0.15) is 0 Å². The largest absolute Gasteiger partial charge is 0.451 e. The molecule has 3 aromatic rings. The second-order valence-corrected chi connectivity index (χ2v) is 7.20. The molecule has 10 heteroatoms. The summed E-state index contributed by atoms with van der Waals surface area (Å²) in [5, 5.41) is 5.86. The van der Waals surface area contributed by atoms with Crippen LogP contribution in [0.25, 0.3) is 9.53 Å². The number of ether oxygens (including phenoxy) is 2. The molecule has 8 nitrogen and oxygen atoms in total. The van der Waals surface area contributed by atoms with Gasteiger partial charge in [0.15, 0.2) is 11.7 Å². The van der Waals surface area contributed by atoms with Gasteiger partial charge in [-0.05, 0) is 25.1 Å². The number of carbonyl (C=O) groups is 3. The van der Waals surface area contributed by atoms with Crippen LogP contribution in [0, 0.1) is 0 Å². The Labute approximate surface area is 162 Å². The third kappa shape index (κ3) is 5.02. The summed E-state index contributed by atoms with van der Waals surface area (Å²) >= 11 is 2.58. The van der Waals surface area contributed by atoms with E-state index in [9.17, 15) is 14.4 Å². The highest BCUT2D eigenvalue weighted by molar-refractivity contribution is 7.29. The first-order chi connectivity index (χ1) is 13.0. The van der Waals surface area contributed by atoms with Crippen molar-refractivity contribution in [2.45, 2.75) is 6.92 Å². The van der Waals surface area contributed by atoms with E-state index in [0.29, 0.717) is 9.71 Å². The van der Waals surface area contributed by atoms with E-state index in [4.69, 9.17) is 4.74 Å². The van der Waals surface area contributed by atoms with Crippen LogP contribution in [0.15, 0.2) is 36.4 Å². The third-order valence-electron chi connectivity index (χ3n) is 3.17. The molecule has 0 bridgehead atoms. The number of imide groups is 1. The molecule has 3 rings (SSSR count). The second-order valence-electron chi connectivity index (χ2n) is 5.13. The molecule has 2 aromatic heterocycles. The molecule has 0 saturated heterocycles. The number of fused-ring (bicyclic) bond motifs is 1. The second kappa shape index (κ2) is 8.60. The fraction of sp³-hybridized carbons (Fsp3) is 0.176. The van der Waals surface area contributed by atoms with Crippen LogP contribution in [0.5, 0.6) is 0 Å². The van der Waals surface area contributed by atoms with Gasteiger partial charge in [-0.1, -0.05) is 29.5 Å². The molecule has 0 spiro atoms. The van der Waals surface area contributed by atoms with Gasteiger partial charge in [0.25, 0.3) is 5.91 Å². The first-order valence-electron chi connectivity index (χ1n) is 7.91. The number of nitrogens with zero attached hydrogens (tertiary/aromatic N) is 1. The van der Waals surface area contributed by atoms with Crippen LogP contribution in [0.3, 0.4) is 0 Å². The van der Waals surface area contributed by atoms with E-state index >= 15 is 0 Å². The van der Waals surface area contributed by atoms with E-state index in [0.717, 1.165) is 15.5 Å². The van der Waals surface area contributed by atoms with E-state index in [1.54, 1.807) is 13.0 Å². The van der Waals surface area contributed by atoms with Gasteiger partial charge in [-0.25, -0.2) is 14.6 Å². The minimum Gasteiger partial charge on any atom is -0.451 e. The third-order valence-corrected chi connectivity index (χ3v) is 5.22. The van der Waals surface area contributed by atoms with Crippen LogP contribution in [0.4, 0.5) is 15.6 Å². The molecule has 27 heavy (non-hydrogen) atoms. The Morgan fingerprint density at radius 2 is 1.89 bits per heavy atom. The van der Waals surface area contributed by atoms with Crippen LogP contribution in [-0.4, -0.2) is 36.2 Å². The molecule has 0 radical (unpaired) electrons. The van der Waals surface area contributed by atoms with Crippen LogP contribution in [0.2, 0.25) is 0 Å². The molecule has 1 aromatic carbocycles. The number of amides is 2. The zero-order valence-corrected chi connectivity index (χ0v) is 15.8. The maximum absolute atomic E-state index is 12.1. The first kappa shape index (κ1) is 18.8. The molecule has 2 amide bonds. The minimum absolute atomic E-state index is 0.138. The fourth-order valence-corrected chi connectivity index (χ4v) is 4.08. The SMILES string of the molecule is CCOC(=O)NC(=O)COC(=O)c1cc2sc(Nc3ccccc3)nc2s1. The predicted octanol–water partition coefficient (Wildman–Crippen LogP) is 3.53. The maximum atomic E-state index is 12.1. The summed E-state index contributed by atoms with van der Waals surface area (Å²) in [5.41, 5.74) is 0.922. The molecular weight excluding hydrogens is 390 g/mol. The summed E-state index contributed by atoms with van der Waals surface area (Å²) in [5.74, 6) is -1.41. The van der Waals surface area contributed by atoms with Gasteiger partial charge in [-0.15, -0.1) is 11.3 Å². The number of esters is 1. The van der Waals surface area contributed by atoms with Crippen LogP contribution >= 0.6 is 22.7 Å². The molecule has 0 aliphatic heterocycles. The average molecular weight is 405 g/mol. The molecule has 0 unspecified atom stereocenters. The first-order valence-corrected chi connectivity index (χ1v) is 9.54. The van der Waals surface area contributed by atoms with Crippen molar-refractivity contribution in [1.82, 2.24) is 10.3 Å². The molecule has 2 heterocycles. The van der Waals surface area contributed by atoms with Crippen molar-refractivity contribution < 1.29 is 23.9 Å². The number of thiazole rings is 1. The molecule has 0 atom stereocenters. The normalized spacial score (nSPS) is 10.4. The molecule has 2 N–H and O–H groups in total. The van der Waals surface area contributed by atoms with Crippen molar-refractivity contribution in [1.29, 1.82) is 0 Å². The number of nitrogens with one attached hydrogen (secondary N) is 2. The lowest BCUT2D eigenvalue weighted by Gasteiger charge is -2.04. The van der Waals surface area contributed by atoms with Crippen molar-refractivity contribution in [2.75, 3.05) is 18.5 Å². The number of thiophene rings is 1. The molecular formula is C17H15N3O5S2.